The molecular formula is C10H13ClFNO3S. The normalized spacial score (nSPS) is 13.5. The first kappa shape index (κ1) is 14.2. The highest BCUT2D eigenvalue weighted by molar-refractivity contribution is 7.93. The highest BCUT2D eigenvalue weighted by Gasteiger charge is 2.21. The molecule has 0 radical (unpaired) electrons. The van der Waals surface area contributed by atoms with Crippen LogP contribution in [-0.4, -0.2) is 25.4 Å². The van der Waals surface area contributed by atoms with Gasteiger partial charge in [0.05, 0.1) is 17.3 Å². The molecule has 2 N–H and O–H groups in total. The minimum Gasteiger partial charge on any atom is -0.395 e. The summed E-state index contributed by atoms with van der Waals surface area (Å²) in [6.07, 6.45) is 0. The van der Waals surface area contributed by atoms with Gasteiger partial charge >= 0.3 is 0 Å². The van der Waals surface area contributed by atoms with E-state index in [1.54, 1.807) is 0 Å². The number of benzene rings is 1. The van der Waals surface area contributed by atoms with Gasteiger partial charge in [-0.25, -0.2) is 12.8 Å². The van der Waals surface area contributed by atoms with Crippen molar-refractivity contribution in [2.45, 2.75) is 19.1 Å². The zero-order chi connectivity index (χ0) is 13.2. The molecule has 0 aromatic heterocycles. The van der Waals surface area contributed by atoms with Crippen LogP contribution in [0.4, 0.5) is 10.1 Å². The number of rotatable bonds is 4. The molecule has 0 aliphatic heterocycles. The van der Waals surface area contributed by atoms with E-state index in [4.69, 9.17) is 16.7 Å². The van der Waals surface area contributed by atoms with Crippen LogP contribution in [0.15, 0.2) is 12.1 Å². The van der Waals surface area contributed by atoms with Crippen molar-refractivity contribution in [1.29, 1.82) is 0 Å². The maximum atomic E-state index is 13.1. The SMILES string of the molecule is Cc1cc(NS(=O)(=O)C(C)CO)c(Cl)cc1F. The van der Waals surface area contributed by atoms with Gasteiger partial charge in [-0.2, -0.15) is 0 Å². The van der Waals surface area contributed by atoms with E-state index in [-0.39, 0.29) is 16.3 Å². The predicted molar refractivity (Wildman–Crippen MR) is 65.2 cm³/mol. The summed E-state index contributed by atoms with van der Waals surface area (Å²) in [7, 11) is -3.72. The third-order valence-corrected chi connectivity index (χ3v) is 4.31. The molecule has 4 nitrogen and oxygen atoms in total. The second-order valence-electron chi connectivity index (χ2n) is 3.72. The Kier molecular flexibility index (Phi) is 4.35. The molecule has 7 heteroatoms. The number of aliphatic hydroxyl groups excluding tert-OH is 1. The summed E-state index contributed by atoms with van der Waals surface area (Å²) in [5.74, 6) is -0.506. The number of halogens is 2. The molecule has 1 aromatic rings. The summed E-state index contributed by atoms with van der Waals surface area (Å²) in [5.41, 5.74) is 0.384. The first-order chi connectivity index (χ1) is 7.77. The molecular weight excluding hydrogens is 269 g/mol. The van der Waals surface area contributed by atoms with Crippen LogP contribution < -0.4 is 4.72 Å². The largest absolute Gasteiger partial charge is 0.395 e. The lowest BCUT2D eigenvalue weighted by Gasteiger charge is -2.14. The predicted octanol–water partition coefficient (Wildman–Crippen LogP) is 1.91. The molecule has 96 valence electrons. The Morgan fingerprint density at radius 3 is 2.65 bits per heavy atom. The molecule has 1 unspecified atom stereocenters. The first-order valence-electron chi connectivity index (χ1n) is 4.86. The van der Waals surface area contributed by atoms with Crippen molar-refractivity contribution in [3.63, 3.8) is 0 Å². The van der Waals surface area contributed by atoms with Gasteiger partial charge in [0.15, 0.2) is 0 Å². The molecule has 1 atom stereocenters. The summed E-state index contributed by atoms with van der Waals surface area (Å²) < 4.78 is 38.6. The fourth-order valence-corrected chi connectivity index (χ4v) is 2.21. The van der Waals surface area contributed by atoms with Crippen LogP contribution in [-0.2, 0) is 10.0 Å². The van der Waals surface area contributed by atoms with Gasteiger partial charge in [0.1, 0.15) is 11.1 Å². The van der Waals surface area contributed by atoms with Crippen molar-refractivity contribution in [1.82, 2.24) is 0 Å². The van der Waals surface area contributed by atoms with Gasteiger partial charge in [0.2, 0.25) is 10.0 Å². The van der Waals surface area contributed by atoms with Crippen LogP contribution >= 0.6 is 11.6 Å². The molecule has 0 spiro atoms. The summed E-state index contributed by atoms with van der Waals surface area (Å²) in [6, 6.07) is 2.34. The van der Waals surface area contributed by atoms with E-state index in [1.165, 1.54) is 19.9 Å². The highest BCUT2D eigenvalue weighted by atomic mass is 35.5. The standard InChI is InChI=1S/C10H13ClFNO3S/c1-6-3-10(8(11)4-9(6)12)13-17(15,16)7(2)5-14/h3-4,7,13-14H,5H2,1-2H3. The summed E-state index contributed by atoms with van der Waals surface area (Å²) >= 11 is 5.73. The van der Waals surface area contributed by atoms with Crippen molar-refractivity contribution < 1.29 is 17.9 Å². The van der Waals surface area contributed by atoms with Gasteiger partial charge < -0.3 is 5.11 Å². The topological polar surface area (TPSA) is 66.4 Å². The van der Waals surface area contributed by atoms with Crippen LogP contribution in [0.5, 0.6) is 0 Å². The van der Waals surface area contributed by atoms with Crippen molar-refractivity contribution in [2.24, 2.45) is 0 Å². The average molecular weight is 282 g/mol. The second kappa shape index (κ2) is 5.20. The van der Waals surface area contributed by atoms with E-state index >= 15 is 0 Å². The van der Waals surface area contributed by atoms with E-state index in [9.17, 15) is 12.8 Å². The van der Waals surface area contributed by atoms with Gasteiger partial charge in [-0.1, -0.05) is 11.6 Å². The molecule has 0 bridgehead atoms. The van der Waals surface area contributed by atoms with Crippen LogP contribution in [0, 0.1) is 12.7 Å². The monoisotopic (exact) mass is 281 g/mol. The van der Waals surface area contributed by atoms with Crippen molar-refractivity contribution in [3.05, 3.63) is 28.5 Å². The third kappa shape index (κ3) is 3.31. The fraction of sp³-hybridized carbons (Fsp3) is 0.400. The Morgan fingerprint density at radius 1 is 1.53 bits per heavy atom. The third-order valence-electron chi connectivity index (χ3n) is 2.29. The molecule has 1 rings (SSSR count). The van der Waals surface area contributed by atoms with Crippen LogP contribution in [0.2, 0.25) is 5.02 Å². The number of aryl methyl sites for hydroxylation is 1. The Labute approximate surface area is 104 Å². The molecule has 0 amide bonds. The van der Waals surface area contributed by atoms with E-state index < -0.39 is 27.7 Å². The molecule has 0 aliphatic rings. The van der Waals surface area contributed by atoms with Gasteiger partial charge in [0, 0.05) is 0 Å². The van der Waals surface area contributed by atoms with Crippen molar-refractivity contribution in [2.75, 3.05) is 11.3 Å². The molecule has 0 fully saturated rings. The van der Waals surface area contributed by atoms with E-state index in [1.807, 2.05) is 0 Å². The second-order valence-corrected chi connectivity index (χ2v) is 6.23. The lowest BCUT2D eigenvalue weighted by atomic mass is 10.2. The maximum absolute atomic E-state index is 13.1. The van der Waals surface area contributed by atoms with E-state index in [0.29, 0.717) is 0 Å². The number of anilines is 1. The van der Waals surface area contributed by atoms with Crippen molar-refractivity contribution >= 4 is 27.3 Å². The van der Waals surface area contributed by atoms with Gasteiger partial charge in [-0.3, -0.25) is 4.72 Å². The molecule has 0 aliphatic carbocycles. The number of hydrogen-bond donors (Lipinski definition) is 2. The smallest absolute Gasteiger partial charge is 0.237 e. The fourth-order valence-electron chi connectivity index (χ4n) is 1.09. The molecule has 17 heavy (non-hydrogen) atoms. The lowest BCUT2D eigenvalue weighted by Crippen LogP contribution is -2.28. The van der Waals surface area contributed by atoms with Crippen molar-refractivity contribution in [3.8, 4) is 0 Å². The number of sulfonamides is 1. The Bertz CT molecular complexity index is 519. The van der Waals surface area contributed by atoms with E-state index in [0.717, 1.165) is 6.07 Å². The minimum absolute atomic E-state index is 0.0261. The first-order valence-corrected chi connectivity index (χ1v) is 6.78. The van der Waals surface area contributed by atoms with Gasteiger partial charge in [0.25, 0.3) is 0 Å². The zero-order valence-corrected chi connectivity index (χ0v) is 10.9. The molecule has 0 heterocycles. The summed E-state index contributed by atoms with van der Waals surface area (Å²) in [6.45, 7) is 2.35. The van der Waals surface area contributed by atoms with E-state index in [2.05, 4.69) is 4.72 Å². The Morgan fingerprint density at radius 2 is 2.12 bits per heavy atom. The Balaban J connectivity index is 3.08. The number of aliphatic hydroxyl groups is 1. The molecule has 0 saturated heterocycles. The van der Waals surface area contributed by atoms with Crippen LogP contribution in [0.3, 0.4) is 0 Å². The quantitative estimate of drug-likeness (QED) is 0.886. The zero-order valence-electron chi connectivity index (χ0n) is 9.37. The minimum atomic E-state index is -3.72. The highest BCUT2D eigenvalue weighted by Crippen LogP contribution is 2.26. The van der Waals surface area contributed by atoms with Gasteiger partial charge in [-0.05, 0) is 31.5 Å². The molecule has 0 saturated carbocycles. The summed E-state index contributed by atoms with van der Waals surface area (Å²) in [5, 5.41) is 7.81. The lowest BCUT2D eigenvalue weighted by molar-refractivity contribution is 0.296. The number of nitrogens with one attached hydrogen (secondary N) is 1. The average Bonchev–Trinajstić information content (AvgIpc) is 2.24. The Hall–Kier alpha value is -0.850. The van der Waals surface area contributed by atoms with Crippen LogP contribution in [0.25, 0.3) is 0 Å². The summed E-state index contributed by atoms with van der Waals surface area (Å²) in [4.78, 5) is 0. The van der Waals surface area contributed by atoms with Crippen LogP contribution in [0.1, 0.15) is 12.5 Å². The van der Waals surface area contributed by atoms with Gasteiger partial charge in [-0.15, -0.1) is 0 Å². The maximum Gasteiger partial charge on any atom is 0.237 e. The number of hydrogen-bond acceptors (Lipinski definition) is 3. The molecule has 1 aromatic carbocycles.